The largest absolute Gasteiger partial charge is 0.497 e. The molecule has 0 amide bonds. The van der Waals surface area contributed by atoms with Gasteiger partial charge < -0.3 is 19.7 Å². The number of fused-ring (bicyclic) bond motifs is 4. The van der Waals surface area contributed by atoms with Gasteiger partial charge in [-0.15, -0.1) is 0 Å². The highest BCUT2D eigenvalue weighted by Gasteiger charge is 2.58. The molecule has 5 rings (SSSR count). The van der Waals surface area contributed by atoms with Gasteiger partial charge in [-0.1, -0.05) is 32.0 Å². The zero-order valence-electron chi connectivity index (χ0n) is 18.0. The predicted molar refractivity (Wildman–Crippen MR) is 120 cm³/mol. The summed E-state index contributed by atoms with van der Waals surface area (Å²) in [7, 11) is 3.87. The van der Waals surface area contributed by atoms with Crippen LogP contribution in [0, 0.1) is 13.8 Å². The number of nitrogens with zero attached hydrogens (tertiary/aromatic N) is 1. The van der Waals surface area contributed by atoms with Gasteiger partial charge in [0, 0.05) is 23.5 Å². The van der Waals surface area contributed by atoms with Gasteiger partial charge in [-0.2, -0.15) is 0 Å². The molecule has 0 aliphatic carbocycles. The second-order valence-electron chi connectivity index (χ2n) is 8.94. The lowest BCUT2D eigenvalue weighted by Gasteiger charge is -2.49. The van der Waals surface area contributed by atoms with Crippen LogP contribution in [0.5, 0.6) is 11.5 Å². The number of likely N-dealkylation sites (N-methyl/N-ethyl adjacent to an activating group) is 1. The van der Waals surface area contributed by atoms with Crippen LogP contribution in [0.1, 0.15) is 30.5 Å². The van der Waals surface area contributed by atoms with Crippen LogP contribution < -0.4 is 19.7 Å². The first-order chi connectivity index (χ1) is 13.8. The highest BCUT2D eigenvalue weighted by atomic mass is 16.5. The number of benzene rings is 3. The van der Waals surface area contributed by atoms with Gasteiger partial charge in [0.2, 0.25) is 0 Å². The molecule has 0 bridgehead atoms. The minimum Gasteiger partial charge on any atom is -0.497 e. The maximum absolute atomic E-state index is 6.51. The van der Waals surface area contributed by atoms with Crippen LogP contribution in [0.4, 0.5) is 11.4 Å². The van der Waals surface area contributed by atoms with Crippen LogP contribution in [0.25, 0.3) is 10.8 Å². The van der Waals surface area contributed by atoms with Gasteiger partial charge in [-0.05, 0) is 60.2 Å². The summed E-state index contributed by atoms with van der Waals surface area (Å²) in [6.07, 6.45) is 0. The van der Waals surface area contributed by atoms with Gasteiger partial charge in [-0.25, -0.2) is 0 Å². The van der Waals surface area contributed by atoms with Gasteiger partial charge in [0.25, 0.3) is 0 Å². The molecule has 1 unspecified atom stereocenters. The summed E-state index contributed by atoms with van der Waals surface area (Å²) in [6.45, 7) is 9.56. The Kier molecular flexibility index (Phi) is 3.64. The Morgan fingerprint density at radius 3 is 2.52 bits per heavy atom. The van der Waals surface area contributed by atoms with Crippen molar-refractivity contribution in [1.29, 1.82) is 0 Å². The van der Waals surface area contributed by atoms with E-state index in [1.165, 1.54) is 22.4 Å². The van der Waals surface area contributed by atoms with E-state index in [9.17, 15) is 0 Å². The van der Waals surface area contributed by atoms with Gasteiger partial charge in [0.1, 0.15) is 12.4 Å². The highest BCUT2D eigenvalue weighted by Crippen LogP contribution is 2.54. The van der Waals surface area contributed by atoms with Gasteiger partial charge in [-0.3, -0.25) is 0 Å². The third-order valence-corrected chi connectivity index (χ3v) is 7.20. The van der Waals surface area contributed by atoms with Crippen molar-refractivity contribution in [1.82, 2.24) is 0 Å². The van der Waals surface area contributed by atoms with Crippen molar-refractivity contribution >= 4 is 22.1 Å². The molecule has 2 aliphatic heterocycles. The molecule has 3 aromatic carbocycles. The van der Waals surface area contributed by atoms with Crippen molar-refractivity contribution in [3.05, 3.63) is 59.2 Å². The van der Waals surface area contributed by atoms with E-state index in [-0.39, 0.29) is 11.1 Å². The molecular weight excluding hydrogens is 360 g/mol. The van der Waals surface area contributed by atoms with E-state index >= 15 is 0 Å². The summed E-state index contributed by atoms with van der Waals surface area (Å²) < 4.78 is 11.9. The van der Waals surface area contributed by atoms with Crippen molar-refractivity contribution in [3.8, 4) is 11.5 Å². The number of aryl methyl sites for hydroxylation is 2. The molecule has 0 saturated carbocycles. The maximum atomic E-state index is 6.51. The van der Waals surface area contributed by atoms with Crippen LogP contribution in [0.15, 0.2) is 42.5 Å². The van der Waals surface area contributed by atoms with Gasteiger partial charge in [0.05, 0.1) is 12.8 Å². The zero-order chi connectivity index (χ0) is 20.6. The summed E-state index contributed by atoms with van der Waals surface area (Å²) >= 11 is 0. The monoisotopic (exact) mass is 388 g/mol. The Morgan fingerprint density at radius 2 is 1.76 bits per heavy atom. The molecule has 0 radical (unpaired) electrons. The number of rotatable bonds is 1. The Bertz CT molecular complexity index is 1150. The fourth-order valence-electron chi connectivity index (χ4n) is 5.03. The van der Waals surface area contributed by atoms with Gasteiger partial charge in [0.15, 0.2) is 11.4 Å². The Balaban J connectivity index is 1.65. The summed E-state index contributed by atoms with van der Waals surface area (Å²) in [6, 6.07) is 15.1. The lowest BCUT2D eigenvalue weighted by molar-refractivity contribution is 0.166. The first kappa shape index (κ1) is 18.2. The van der Waals surface area contributed by atoms with Crippen LogP contribution in [-0.2, 0) is 5.41 Å². The van der Waals surface area contributed by atoms with E-state index in [1.807, 2.05) is 6.07 Å². The number of ether oxygens (including phenoxy) is 2. The Hall–Kier alpha value is -2.88. The van der Waals surface area contributed by atoms with E-state index in [0.29, 0.717) is 6.61 Å². The van der Waals surface area contributed by atoms with E-state index < -0.39 is 0 Å². The fraction of sp³-hybridized carbons (Fsp3) is 0.360. The molecule has 3 aromatic rings. The van der Waals surface area contributed by atoms with Gasteiger partial charge >= 0.3 is 0 Å². The summed E-state index contributed by atoms with van der Waals surface area (Å²) in [5.41, 5.74) is 5.84. The quantitative estimate of drug-likeness (QED) is 0.606. The number of anilines is 2. The number of methoxy groups -OCH3 is 1. The predicted octanol–water partition coefficient (Wildman–Crippen LogP) is 5.39. The fourth-order valence-corrected chi connectivity index (χ4v) is 5.03. The number of hydrogen-bond donors (Lipinski definition) is 1. The third-order valence-electron chi connectivity index (χ3n) is 7.20. The SMILES string of the molecule is COc1ccc2ccc3c(c2c1)OCC1(N3)N(C)c2cc(C)c(C)cc2C1(C)C. The lowest BCUT2D eigenvalue weighted by Crippen LogP contribution is -2.65. The zero-order valence-corrected chi connectivity index (χ0v) is 18.0. The molecule has 4 heteroatoms. The van der Waals surface area contributed by atoms with Crippen molar-refractivity contribution < 1.29 is 9.47 Å². The van der Waals surface area contributed by atoms with Crippen molar-refractivity contribution in [2.75, 3.05) is 31.0 Å². The first-order valence-electron chi connectivity index (χ1n) is 10.2. The second kappa shape index (κ2) is 5.82. The molecule has 2 aliphatic rings. The van der Waals surface area contributed by atoms with E-state index in [4.69, 9.17) is 9.47 Å². The van der Waals surface area contributed by atoms with Crippen LogP contribution >= 0.6 is 0 Å². The maximum Gasteiger partial charge on any atom is 0.155 e. The van der Waals surface area contributed by atoms with Crippen LogP contribution in [0.2, 0.25) is 0 Å². The smallest absolute Gasteiger partial charge is 0.155 e. The third kappa shape index (κ3) is 2.26. The molecule has 0 saturated heterocycles. The molecule has 2 heterocycles. The summed E-state index contributed by atoms with van der Waals surface area (Å²) in [5.74, 6) is 1.74. The topological polar surface area (TPSA) is 33.7 Å². The second-order valence-corrected chi connectivity index (χ2v) is 8.94. The molecular formula is C25H28N2O2. The first-order valence-corrected chi connectivity index (χ1v) is 10.2. The molecule has 0 aromatic heterocycles. The minimum atomic E-state index is -0.352. The van der Waals surface area contributed by atoms with Crippen LogP contribution in [-0.4, -0.2) is 26.4 Å². The number of nitrogens with one attached hydrogen (secondary N) is 1. The average Bonchev–Trinajstić information content (AvgIpc) is 2.86. The van der Waals surface area contributed by atoms with Crippen molar-refractivity contribution in [2.24, 2.45) is 0 Å². The summed E-state index contributed by atoms with van der Waals surface area (Å²) in [4.78, 5) is 2.37. The molecule has 1 atom stereocenters. The molecule has 29 heavy (non-hydrogen) atoms. The Morgan fingerprint density at radius 1 is 1.03 bits per heavy atom. The van der Waals surface area contributed by atoms with E-state index in [2.05, 4.69) is 81.4 Å². The highest BCUT2D eigenvalue weighted by molar-refractivity contribution is 5.95. The van der Waals surface area contributed by atoms with Crippen LogP contribution in [0.3, 0.4) is 0 Å². The van der Waals surface area contributed by atoms with E-state index in [0.717, 1.165) is 28.0 Å². The summed E-state index contributed by atoms with van der Waals surface area (Å²) in [5, 5.41) is 6.11. The molecule has 0 fully saturated rings. The molecule has 1 spiro atoms. The molecule has 4 nitrogen and oxygen atoms in total. The standard InChI is InChI=1S/C25H28N2O2/c1-15-11-20-22(12-16(15)2)27(5)25(24(20,3)4)14-29-23-19-13-18(28-6)9-7-17(19)8-10-21(23)26-25/h7-13,26H,14H2,1-6H3. The van der Waals surface area contributed by atoms with Crippen molar-refractivity contribution in [2.45, 2.75) is 38.8 Å². The number of hydrogen-bond acceptors (Lipinski definition) is 4. The molecule has 150 valence electrons. The Labute approximate surface area is 172 Å². The van der Waals surface area contributed by atoms with Crippen molar-refractivity contribution in [3.63, 3.8) is 0 Å². The lowest BCUT2D eigenvalue weighted by atomic mass is 9.74. The average molecular weight is 389 g/mol. The normalized spacial score (nSPS) is 21.5. The molecule has 1 N–H and O–H groups in total. The minimum absolute atomic E-state index is 0.128. The van der Waals surface area contributed by atoms with E-state index in [1.54, 1.807) is 7.11 Å².